The van der Waals surface area contributed by atoms with Crippen LogP contribution in [0.25, 0.3) is 0 Å². The van der Waals surface area contributed by atoms with Crippen molar-refractivity contribution in [2.45, 2.75) is 53.0 Å². The van der Waals surface area contributed by atoms with E-state index in [-0.39, 0.29) is 0 Å². The van der Waals surface area contributed by atoms with Gasteiger partial charge in [0.15, 0.2) is 0 Å². The molecule has 0 amide bonds. The number of aldehydes is 1. The largest absolute Gasteiger partial charge is 0.369 e. The lowest BCUT2D eigenvalue weighted by Gasteiger charge is -2.31. The number of nitrogens with zero attached hydrogens (tertiary/aromatic N) is 1. The van der Waals surface area contributed by atoms with Gasteiger partial charge in [-0.05, 0) is 50.5 Å². The summed E-state index contributed by atoms with van der Waals surface area (Å²) in [7, 11) is 0. The van der Waals surface area contributed by atoms with E-state index in [0.717, 1.165) is 30.4 Å². The molecule has 1 atom stereocenters. The highest BCUT2D eigenvalue weighted by Crippen LogP contribution is 2.22. The monoisotopic (exact) mass is 247 g/mol. The van der Waals surface area contributed by atoms with Crippen molar-refractivity contribution in [3.63, 3.8) is 0 Å². The van der Waals surface area contributed by atoms with Gasteiger partial charge < -0.3 is 4.90 Å². The van der Waals surface area contributed by atoms with Gasteiger partial charge in [-0.2, -0.15) is 0 Å². The van der Waals surface area contributed by atoms with Gasteiger partial charge in [0, 0.05) is 23.8 Å². The number of unbranched alkanes of at least 4 members (excludes halogenated alkanes) is 1. The Bertz CT molecular complexity index is 387. The molecule has 1 unspecified atom stereocenters. The van der Waals surface area contributed by atoms with Crippen LogP contribution in [0.1, 0.15) is 56.0 Å². The zero-order valence-corrected chi connectivity index (χ0v) is 12.1. The molecule has 0 aliphatic rings. The second-order valence-electron chi connectivity index (χ2n) is 4.96. The average Bonchev–Trinajstić information content (AvgIpc) is 2.39. The van der Waals surface area contributed by atoms with E-state index in [1.807, 2.05) is 13.0 Å². The summed E-state index contributed by atoms with van der Waals surface area (Å²) in [4.78, 5) is 13.3. The lowest BCUT2D eigenvalue weighted by Crippen LogP contribution is -2.33. The van der Waals surface area contributed by atoms with Crippen LogP contribution < -0.4 is 4.90 Å². The fourth-order valence-corrected chi connectivity index (χ4v) is 2.12. The summed E-state index contributed by atoms with van der Waals surface area (Å²) in [5, 5.41) is 0. The van der Waals surface area contributed by atoms with E-state index in [2.05, 4.69) is 37.8 Å². The zero-order valence-electron chi connectivity index (χ0n) is 12.1. The molecule has 1 aromatic carbocycles. The van der Waals surface area contributed by atoms with Crippen LogP contribution in [-0.2, 0) is 0 Å². The molecule has 18 heavy (non-hydrogen) atoms. The third-order valence-corrected chi connectivity index (χ3v) is 3.59. The van der Waals surface area contributed by atoms with Crippen LogP contribution in [0.2, 0.25) is 0 Å². The number of hydrogen-bond donors (Lipinski definition) is 0. The number of rotatable bonds is 7. The Labute approximate surface area is 111 Å². The molecule has 0 bridgehead atoms. The molecule has 2 heteroatoms. The first-order valence-electron chi connectivity index (χ1n) is 6.96. The Morgan fingerprint density at radius 3 is 2.56 bits per heavy atom. The summed E-state index contributed by atoms with van der Waals surface area (Å²) >= 11 is 0. The molecule has 0 spiro atoms. The van der Waals surface area contributed by atoms with E-state index in [1.165, 1.54) is 18.5 Å². The van der Waals surface area contributed by atoms with Crippen molar-refractivity contribution in [2.24, 2.45) is 0 Å². The molecule has 0 aromatic heterocycles. The lowest BCUT2D eigenvalue weighted by atomic mass is 10.1. The van der Waals surface area contributed by atoms with Gasteiger partial charge in [0.05, 0.1) is 0 Å². The van der Waals surface area contributed by atoms with Crippen LogP contribution in [0.5, 0.6) is 0 Å². The lowest BCUT2D eigenvalue weighted by molar-refractivity contribution is 0.112. The van der Waals surface area contributed by atoms with Gasteiger partial charge in [0.2, 0.25) is 0 Å². The topological polar surface area (TPSA) is 20.3 Å². The highest BCUT2D eigenvalue weighted by Gasteiger charge is 2.13. The van der Waals surface area contributed by atoms with Gasteiger partial charge >= 0.3 is 0 Å². The molecule has 1 rings (SSSR count). The van der Waals surface area contributed by atoms with Crippen LogP contribution >= 0.6 is 0 Å². The molecule has 2 nitrogen and oxygen atoms in total. The SMILES string of the molecule is CCCCN(c1ccc(C=O)c(C)c1)C(C)CC. The molecule has 0 N–H and O–H groups in total. The quantitative estimate of drug-likeness (QED) is 0.673. The van der Waals surface area contributed by atoms with E-state index < -0.39 is 0 Å². The Morgan fingerprint density at radius 1 is 1.33 bits per heavy atom. The van der Waals surface area contributed by atoms with Gasteiger partial charge in [0.1, 0.15) is 6.29 Å². The van der Waals surface area contributed by atoms with Crippen molar-refractivity contribution in [1.29, 1.82) is 0 Å². The first-order chi connectivity index (χ1) is 8.63. The number of hydrogen-bond acceptors (Lipinski definition) is 2. The number of aryl methyl sites for hydroxylation is 1. The first-order valence-corrected chi connectivity index (χ1v) is 6.96. The molecule has 0 saturated heterocycles. The van der Waals surface area contributed by atoms with Crippen molar-refractivity contribution < 1.29 is 4.79 Å². The third kappa shape index (κ3) is 3.59. The summed E-state index contributed by atoms with van der Waals surface area (Å²) < 4.78 is 0. The smallest absolute Gasteiger partial charge is 0.150 e. The van der Waals surface area contributed by atoms with Crippen molar-refractivity contribution in [3.8, 4) is 0 Å². The molecule has 0 fully saturated rings. The van der Waals surface area contributed by atoms with E-state index in [9.17, 15) is 4.79 Å². The number of carbonyl (C=O) groups excluding carboxylic acids is 1. The number of carbonyl (C=O) groups is 1. The second-order valence-corrected chi connectivity index (χ2v) is 4.96. The van der Waals surface area contributed by atoms with Crippen molar-refractivity contribution in [2.75, 3.05) is 11.4 Å². The van der Waals surface area contributed by atoms with Crippen LogP contribution in [0.3, 0.4) is 0 Å². The average molecular weight is 247 g/mol. The maximum absolute atomic E-state index is 10.9. The third-order valence-electron chi connectivity index (χ3n) is 3.59. The molecular weight excluding hydrogens is 222 g/mol. The Morgan fingerprint density at radius 2 is 2.06 bits per heavy atom. The maximum atomic E-state index is 10.9. The second kappa shape index (κ2) is 7.20. The fourth-order valence-electron chi connectivity index (χ4n) is 2.12. The van der Waals surface area contributed by atoms with E-state index in [4.69, 9.17) is 0 Å². The van der Waals surface area contributed by atoms with E-state index in [1.54, 1.807) is 0 Å². The van der Waals surface area contributed by atoms with Gasteiger partial charge in [0.25, 0.3) is 0 Å². The predicted molar refractivity (Wildman–Crippen MR) is 78.6 cm³/mol. The normalized spacial score (nSPS) is 12.2. The van der Waals surface area contributed by atoms with Gasteiger partial charge in [-0.25, -0.2) is 0 Å². The Kier molecular flexibility index (Phi) is 5.90. The van der Waals surface area contributed by atoms with Crippen LogP contribution in [-0.4, -0.2) is 18.9 Å². The highest BCUT2D eigenvalue weighted by atomic mass is 16.1. The number of anilines is 1. The van der Waals surface area contributed by atoms with Crippen LogP contribution in [0.4, 0.5) is 5.69 Å². The molecule has 100 valence electrons. The minimum Gasteiger partial charge on any atom is -0.369 e. The summed E-state index contributed by atoms with van der Waals surface area (Å²) in [5.41, 5.74) is 3.09. The summed E-state index contributed by atoms with van der Waals surface area (Å²) in [6, 6.07) is 6.67. The minimum absolute atomic E-state index is 0.540. The summed E-state index contributed by atoms with van der Waals surface area (Å²) in [6.07, 6.45) is 4.48. The molecule has 0 radical (unpaired) electrons. The zero-order chi connectivity index (χ0) is 13.5. The van der Waals surface area contributed by atoms with Gasteiger partial charge in [-0.15, -0.1) is 0 Å². The molecule has 0 aliphatic carbocycles. The van der Waals surface area contributed by atoms with Crippen molar-refractivity contribution in [3.05, 3.63) is 29.3 Å². The molecule has 0 saturated carbocycles. The first kappa shape index (κ1) is 14.7. The Balaban J connectivity index is 2.97. The van der Waals surface area contributed by atoms with E-state index in [0.29, 0.717) is 6.04 Å². The molecule has 0 aliphatic heterocycles. The van der Waals surface area contributed by atoms with Crippen LogP contribution in [0.15, 0.2) is 18.2 Å². The molecular formula is C16H25NO. The minimum atomic E-state index is 0.540. The summed E-state index contributed by atoms with van der Waals surface area (Å²) in [6.45, 7) is 9.79. The maximum Gasteiger partial charge on any atom is 0.150 e. The van der Waals surface area contributed by atoms with E-state index >= 15 is 0 Å². The predicted octanol–water partition coefficient (Wildman–Crippen LogP) is 4.21. The molecule has 0 heterocycles. The van der Waals surface area contributed by atoms with Gasteiger partial charge in [-0.1, -0.05) is 20.3 Å². The number of benzene rings is 1. The highest BCUT2D eigenvalue weighted by molar-refractivity contribution is 5.78. The van der Waals surface area contributed by atoms with Crippen molar-refractivity contribution >= 4 is 12.0 Å². The van der Waals surface area contributed by atoms with Crippen molar-refractivity contribution in [1.82, 2.24) is 0 Å². The molecule has 1 aromatic rings. The fraction of sp³-hybridized carbons (Fsp3) is 0.562. The standard InChI is InChI=1S/C16H25NO/c1-5-7-10-17(14(4)6-2)16-9-8-15(12-18)13(3)11-16/h8-9,11-12,14H,5-7,10H2,1-4H3. The Hall–Kier alpha value is -1.31. The van der Waals surface area contributed by atoms with Crippen LogP contribution in [0, 0.1) is 6.92 Å². The summed E-state index contributed by atoms with van der Waals surface area (Å²) in [5.74, 6) is 0. The van der Waals surface area contributed by atoms with Gasteiger partial charge in [-0.3, -0.25) is 4.79 Å².